The molecule has 3 heteroatoms. The minimum atomic E-state index is -0.570. The highest BCUT2D eigenvalue weighted by Gasteiger charge is 2.45. The molecule has 352 valence electrons. The molecule has 0 saturated carbocycles. The molecular formula is C71H55BN2. The van der Waals surface area contributed by atoms with Crippen molar-refractivity contribution in [2.75, 3.05) is 9.80 Å². The number of anilines is 6. The lowest BCUT2D eigenvalue weighted by molar-refractivity contribution is 0.590. The Labute approximate surface area is 436 Å². The second-order valence-corrected chi connectivity index (χ2v) is 20.9. The molecule has 0 aliphatic carbocycles. The fraction of sp³-hybridized carbons (Fsp3) is 0.0704. The first-order valence-electron chi connectivity index (χ1n) is 25.9. The van der Waals surface area contributed by atoms with Gasteiger partial charge < -0.3 is 9.80 Å². The van der Waals surface area contributed by atoms with E-state index in [1.807, 2.05) is 0 Å². The number of nitrogens with zero attached hydrogens (tertiary/aromatic N) is 2. The molecule has 2 nitrogen and oxygen atoms in total. The zero-order valence-corrected chi connectivity index (χ0v) is 42.0. The van der Waals surface area contributed by atoms with Crippen LogP contribution in [0.4, 0.5) is 34.1 Å². The number of benzene rings is 11. The van der Waals surface area contributed by atoms with Crippen molar-refractivity contribution in [2.24, 2.45) is 0 Å². The van der Waals surface area contributed by atoms with Crippen LogP contribution in [0.1, 0.15) is 48.6 Å². The maximum Gasteiger partial charge on any atom is 0.252 e. The Hall–Kier alpha value is -8.92. The first kappa shape index (κ1) is 45.0. The quantitative estimate of drug-likeness (QED) is 0.105. The van der Waals surface area contributed by atoms with Crippen LogP contribution in [0.3, 0.4) is 0 Å². The van der Waals surface area contributed by atoms with Crippen LogP contribution in [-0.4, -0.2) is 6.71 Å². The lowest BCUT2D eigenvalue weighted by atomic mass is 9.33. The molecule has 0 saturated heterocycles. The molecule has 2 heterocycles. The lowest BCUT2D eigenvalue weighted by Crippen LogP contribution is -2.61. The van der Waals surface area contributed by atoms with Gasteiger partial charge in [-0.2, -0.15) is 0 Å². The summed E-state index contributed by atoms with van der Waals surface area (Å²) in [6.45, 7) is 6.97. The minimum absolute atomic E-state index is 0.0661. The van der Waals surface area contributed by atoms with Crippen molar-refractivity contribution in [1.29, 1.82) is 0 Å². The average Bonchev–Trinajstić information content (AvgIpc) is 3.48. The maximum absolute atomic E-state index is 2.57. The highest BCUT2D eigenvalue weighted by Crippen LogP contribution is 2.49. The summed E-state index contributed by atoms with van der Waals surface area (Å²) < 4.78 is 0. The number of hydrogen-bond donors (Lipinski definition) is 0. The molecule has 0 spiro atoms. The third-order valence-electron chi connectivity index (χ3n) is 15.6. The summed E-state index contributed by atoms with van der Waals surface area (Å²) in [6.07, 6.45) is 0. The SMILES string of the molecule is CC(C)(C)c1cc2c3c(c1)N(c1ccc(C(c4ccccc4)(c4ccccc4)c4ccccc4)cc1)c1ccc(-c4ccccc4)cc1B3c1cc(-c3ccccc3)ccc1N2c1ccc(-c2ccccc2)cc1. The Bertz CT molecular complexity index is 3680. The van der Waals surface area contributed by atoms with E-state index in [-0.39, 0.29) is 12.1 Å². The molecular weight excluding hydrogens is 892 g/mol. The van der Waals surface area contributed by atoms with Crippen molar-refractivity contribution in [1.82, 2.24) is 0 Å². The molecule has 11 aromatic carbocycles. The Balaban J connectivity index is 1.08. The van der Waals surface area contributed by atoms with E-state index in [1.54, 1.807) is 0 Å². The summed E-state index contributed by atoms with van der Waals surface area (Å²) in [6, 6.07) is 104. The standard InChI is InChI=1S/C71H55BN2/c1-70(2,3)60-48-67-69-68(49-60)74(62-42-38-59(39-43-62)71(56-28-16-7-17-29-56,57-30-18-8-19-31-57)58-32-20-9-21-33-58)66-45-37-55(52-26-14-6-15-27-52)47-64(66)72(69)63-46-54(51-24-12-5-13-25-51)36-44-65(63)73(67)61-40-34-53(35-41-61)50-22-10-4-11-23-50/h4-49H,1-3H3. The van der Waals surface area contributed by atoms with E-state index in [4.69, 9.17) is 0 Å². The van der Waals surface area contributed by atoms with Crippen LogP contribution < -0.4 is 26.2 Å². The van der Waals surface area contributed by atoms with Crippen LogP contribution in [0.15, 0.2) is 279 Å². The molecule has 0 aromatic heterocycles. The molecule has 11 aromatic rings. The Morgan fingerprint density at radius 3 is 0.959 bits per heavy atom. The van der Waals surface area contributed by atoms with Crippen LogP contribution in [-0.2, 0) is 10.8 Å². The van der Waals surface area contributed by atoms with Gasteiger partial charge in [-0.1, -0.05) is 251 Å². The van der Waals surface area contributed by atoms with Crippen LogP contribution in [0.25, 0.3) is 33.4 Å². The van der Waals surface area contributed by atoms with Gasteiger partial charge in [0.1, 0.15) is 0 Å². The van der Waals surface area contributed by atoms with Gasteiger partial charge >= 0.3 is 0 Å². The molecule has 74 heavy (non-hydrogen) atoms. The van der Waals surface area contributed by atoms with Gasteiger partial charge in [-0.15, -0.1) is 0 Å². The third kappa shape index (κ3) is 7.58. The van der Waals surface area contributed by atoms with Gasteiger partial charge in [-0.05, 0) is 132 Å². The second-order valence-electron chi connectivity index (χ2n) is 20.9. The van der Waals surface area contributed by atoms with Crippen molar-refractivity contribution in [3.63, 3.8) is 0 Å². The zero-order valence-electron chi connectivity index (χ0n) is 42.0. The van der Waals surface area contributed by atoms with Gasteiger partial charge in [-0.25, -0.2) is 0 Å². The molecule has 13 rings (SSSR count). The van der Waals surface area contributed by atoms with Crippen molar-refractivity contribution in [2.45, 2.75) is 31.6 Å². The maximum atomic E-state index is 2.57. The molecule has 0 bridgehead atoms. The molecule has 0 radical (unpaired) electrons. The summed E-state index contributed by atoms with van der Waals surface area (Å²) in [7, 11) is 0. The first-order chi connectivity index (χ1) is 36.3. The Morgan fingerprint density at radius 1 is 0.270 bits per heavy atom. The molecule has 0 unspecified atom stereocenters. The van der Waals surface area contributed by atoms with Gasteiger partial charge in [0.05, 0.1) is 5.41 Å². The lowest BCUT2D eigenvalue weighted by Gasteiger charge is -2.45. The molecule has 0 fully saturated rings. The summed E-state index contributed by atoms with van der Waals surface area (Å²) in [5, 5.41) is 0. The third-order valence-corrected chi connectivity index (χ3v) is 15.6. The second kappa shape index (κ2) is 18.3. The molecule has 0 amide bonds. The van der Waals surface area contributed by atoms with E-state index in [1.165, 1.54) is 100 Å². The van der Waals surface area contributed by atoms with Crippen LogP contribution in [0.5, 0.6) is 0 Å². The smallest absolute Gasteiger partial charge is 0.252 e. The average molecular weight is 947 g/mol. The minimum Gasteiger partial charge on any atom is -0.311 e. The predicted molar refractivity (Wildman–Crippen MR) is 314 cm³/mol. The fourth-order valence-electron chi connectivity index (χ4n) is 12.0. The van der Waals surface area contributed by atoms with Crippen molar-refractivity contribution < 1.29 is 0 Å². The van der Waals surface area contributed by atoms with Crippen LogP contribution >= 0.6 is 0 Å². The number of rotatable bonds is 9. The normalized spacial score (nSPS) is 12.7. The fourth-order valence-corrected chi connectivity index (χ4v) is 12.0. The van der Waals surface area contributed by atoms with E-state index < -0.39 is 5.41 Å². The van der Waals surface area contributed by atoms with E-state index in [9.17, 15) is 0 Å². The van der Waals surface area contributed by atoms with Gasteiger partial charge in [-0.3, -0.25) is 0 Å². The zero-order chi connectivity index (χ0) is 49.8. The monoisotopic (exact) mass is 946 g/mol. The van der Waals surface area contributed by atoms with Crippen LogP contribution in [0.2, 0.25) is 0 Å². The van der Waals surface area contributed by atoms with E-state index in [0.717, 1.165) is 11.4 Å². The highest BCUT2D eigenvalue weighted by atomic mass is 15.2. The largest absolute Gasteiger partial charge is 0.311 e. The van der Waals surface area contributed by atoms with E-state index in [0.29, 0.717) is 0 Å². The summed E-state index contributed by atoms with van der Waals surface area (Å²) in [4.78, 5) is 5.11. The number of fused-ring (bicyclic) bond motifs is 4. The van der Waals surface area contributed by atoms with Crippen molar-refractivity contribution in [3.05, 3.63) is 307 Å². The van der Waals surface area contributed by atoms with Crippen LogP contribution in [0, 0.1) is 0 Å². The van der Waals surface area contributed by atoms with Gasteiger partial charge in [0, 0.05) is 34.1 Å². The van der Waals surface area contributed by atoms with Gasteiger partial charge in [0.2, 0.25) is 0 Å². The molecule has 0 N–H and O–H groups in total. The highest BCUT2D eigenvalue weighted by molar-refractivity contribution is 7.00. The van der Waals surface area contributed by atoms with E-state index >= 15 is 0 Å². The Morgan fingerprint density at radius 2 is 0.581 bits per heavy atom. The Kier molecular flexibility index (Phi) is 11.1. The number of hydrogen-bond acceptors (Lipinski definition) is 2. The topological polar surface area (TPSA) is 6.48 Å². The molecule has 2 aliphatic rings. The summed E-state index contributed by atoms with van der Waals surface area (Å²) >= 11 is 0. The molecule has 0 atom stereocenters. The first-order valence-corrected chi connectivity index (χ1v) is 25.9. The van der Waals surface area contributed by atoms with E-state index in [2.05, 4.69) is 310 Å². The predicted octanol–water partition coefficient (Wildman–Crippen LogP) is 16.5. The van der Waals surface area contributed by atoms with Crippen molar-refractivity contribution >= 4 is 57.2 Å². The van der Waals surface area contributed by atoms with Gasteiger partial charge in [0.25, 0.3) is 6.71 Å². The van der Waals surface area contributed by atoms with Gasteiger partial charge in [0.15, 0.2) is 0 Å². The summed E-state index contributed by atoms with van der Waals surface area (Å²) in [5.74, 6) is 0. The summed E-state index contributed by atoms with van der Waals surface area (Å²) in [5.41, 5.74) is 23.6. The van der Waals surface area contributed by atoms with Crippen molar-refractivity contribution in [3.8, 4) is 33.4 Å². The molecule has 2 aliphatic heterocycles.